The van der Waals surface area contributed by atoms with Gasteiger partial charge in [-0.3, -0.25) is 0 Å². The maximum absolute atomic E-state index is 4.78. The van der Waals surface area contributed by atoms with Crippen LogP contribution in [0.4, 0.5) is 5.13 Å². The molecule has 1 N–H and O–H groups in total. The summed E-state index contributed by atoms with van der Waals surface area (Å²) in [6.45, 7) is 7.55. The first-order chi connectivity index (χ1) is 9.60. The van der Waals surface area contributed by atoms with Crippen molar-refractivity contribution in [2.75, 3.05) is 11.9 Å². The van der Waals surface area contributed by atoms with Gasteiger partial charge in [-0.05, 0) is 31.6 Å². The van der Waals surface area contributed by atoms with Crippen molar-refractivity contribution in [1.29, 1.82) is 0 Å². The molecule has 1 saturated carbocycles. The molecular weight excluding hydrogens is 266 g/mol. The highest BCUT2D eigenvalue weighted by molar-refractivity contribution is 7.13. The second-order valence-electron chi connectivity index (χ2n) is 6.35. The summed E-state index contributed by atoms with van der Waals surface area (Å²) in [5.74, 6) is 0.960. The molecular formula is C16H29N3S. The van der Waals surface area contributed by atoms with Gasteiger partial charge in [0.25, 0.3) is 0 Å². The molecule has 0 aliphatic heterocycles. The largest absolute Gasteiger partial charge is 0.348 e. The van der Waals surface area contributed by atoms with Crippen LogP contribution in [-0.2, 0) is 6.54 Å². The zero-order valence-electron chi connectivity index (χ0n) is 13.4. The van der Waals surface area contributed by atoms with E-state index in [1.807, 2.05) is 0 Å². The van der Waals surface area contributed by atoms with E-state index in [0.717, 1.165) is 12.5 Å². The monoisotopic (exact) mass is 295 g/mol. The van der Waals surface area contributed by atoms with Gasteiger partial charge in [-0.2, -0.15) is 0 Å². The quantitative estimate of drug-likeness (QED) is 0.858. The van der Waals surface area contributed by atoms with Crippen LogP contribution in [0.3, 0.4) is 0 Å². The highest BCUT2D eigenvalue weighted by Gasteiger charge is 2.24. The molecule has 0 atom stereocenters. The maximum Gasteiger partial charge on any atom is 0.185 e. The first-order valence-corrected chi connectivity index (χ1v) is 8.88. The Morgan fingerprint density at radius 2 is 2.05 bits per heavy atom. The van der Waals surface area contributed by atoms with E-state index in [0.29, 0.717) is 12.1 Å². The van der Waals surface area contributed by atoms with E-state index in [2.05, 4.69) is 43.4 Å². The minimum Gasteiger partial charge on any atom is -0.348 e. The van der Waals surface area contributed by atoms with Gasteiger partial charge in [-0.1, -0.05) is 27.2 Å². The second kappa shape index (κ2) is 7.41. The molecule has 1 aliphatic rings. The predicted molar refractivity (Wildman–Crippen MR) is 88.5 cm³/mol. The minimum absolute atomic E-state index is 0.516. The van der Waals surface area contributed by atoms with Crippen LogP contribution in [0, 0.1) is 5.92 Å². The van der Waals surface area contributed by atoms with Gasteiger partial charge in [0, 0.05) is 31.1 Å². The zero-order chi connectivity index (χ0) is 14.5. The third-order valence-electron chi connectivity index (χ3n) is 4.47. The Bertz CT molecular complexity index is 394. The van der Waals surface area contributed by atoms with Crippen molar-refractivity contribution in [2.24, 2.45) is 5.92 Å². The standard InChI is InChI=1S/C16H29N3S/c1-5-13-6-8-15(9-7-13)19(4)16-18-14(11-20-16)10-17-12(2)3/h11-13,15,17H,5-10H2,1-4H3. The van der Waals surface area contributed by atoms with E-state index < -0.39 is 0 Å². The van der Waals surface area contributed by atoms with E-state index in [-0.39, 0.29) is 0 Å². The van der Waals surface area contributed by atoms with Crippen LogP contribution in [0.25, 0.3) is 0 Å². The molecule has 0 amide bonds. The lowest BCUT2D eigenvalue weighted by Gasteiger charge is -2.34. The van der Waals surface area contributed by atoms with Gasteiger partial charge >= 0.3 is 0 Å². The van der Waals surface area contributed by atoms with Gasteiger partial charge < -0.3 is 10.2 Å². The highest BCUT2D eigenvalue weighted by Crippen LogP contribution is 2.32. The highest BCUT2D eigenvalue weighted by atomic mass is 32.1. The Kier molecular flexibility index (Phi) is 5.85. The molecule has 1 fully saturated rings. The lowest BCUT2D eigenvalue weighted by molar-refractivity contribution is 0.313. The number of nitrogens with zero attached hydrogens (tertiary/aromatic N) is 2. The van der Waals surface area contributed by atoms with Crippen molar-refractivity contribution in [3.05, 3.63) is 11.1 Å². The molecule has 0 bridgehead atoms. The maximum atomic E-state index is 4.78. The van der Waals surface area contributed by atoms with Crippen LogP contribution in [0.15, 0.2) is 5.38 Å². The third kappa shape index (κ3) is 4.19. The van der Waals surface area contributed by atoms with Crippen LogP contribution in [0.1, 0.15) is 58.6 Å². The topological polar surface area (TPSA) is 28.2 Å². The summed E-state index contributed by atoms with van der Waals surface area (Å²) in [6.07, 6.45) is 6.78. The Morgan fingerprint density at radius 3 is 2.65 bits per heavy atom. The molecule has 1 aromatic heterocycles. The first kappa shape index (κ1) is 15.8. The summed E-state index contributed by atoms with van der Waals surface area (Å²) in [5, 5.41) is 6.81. The number of anilines is 1. The Balaban J connectivity index is 1.87. The molecule has 0 radical (unpaired) electrons. The van der Waals surface area contributed by atoms with E-state index in [1.165, 1.54) is 42.9 Å². The molecule has 1 aromatic rings. The van der Waals surface area contributed by atoms with E-state index in [9.17, 15) is 0 Å². The number of hydrogen-bond donors (Lipinski definition) is 1. The van der Waals surface area contributed by atoms with Crippen molar-refractivity contribution >= 4 is 16.5 Å². The average molecular weight is 295 g/mol. The summed E-state index contributed by atoms with van der Waals surface area (Å²) in [5.41, 5.74) is 1.17. The summed E-state index contributed by atoms with van der Waals surface area (Å²) in [4.78, 5) is 7.19. The van der Waals surface area contributed by atoms with Crippen LogP contribution in [0.2, 0.25) is 0 Å². The lowest BCUT2D eigenvalue weighted by atomic mass is 9.84. The van der Waals surface area contributed by atoms with Gasteiger partial charge in [0.2, 0.25) is 0 Å². The molecule has 1 heterocycles. The molecule has 4 heteroatoms. The van der Waals surface area contributed by atoms with Crippen LogP contribution >= 0.6 is 11.3 Å². The lowest BCUT2D eigenvalue weighted by Crippen LogP contribution is -2.35. The van der Waals surface area contributed by atoms with Gasteiger partial charge in [-0.15, -0.1) is 11.3 Å². The van der Waals surface area contributed by atoms with Gasteiger partial charge in [-0.25, -0.2) is 4.98 Å². The van der Waals surface area contributed by atoms with E-state index in [4.69, 9.17) is 4.98 Å². The summed E-state index contributed by atoms with van der Waals surface area (Å²) in [7, 11) is 2.22. The molecule has 0 saturated heterocycles. The fourth-order valence-electron chi connectivity index (χ4n) is 2.94. The predicted octanol–water partition coefficient (Wildman–Crippen LogP) is 4.05. The zero-order valence-corrected chi connectivity index (χ0v) is 14.2. The van der Waals surface area contributed by atoms with Crippen molar-refractivity contribution in [1.82, 2.24) is 10.3 Å². The van der Waals surface area contributed by atoms with Gasteiger partial charge in [0.05, 0.1) is 5.69 Å². The van der Waals surface area contributed by atoms with Crippen LogP contribution in [0.5, 0.6) is 0 Å². The second-order valence-corrected chi connectivity index (χ2v) is 7.19. The fourth-order valence-corrected chi connectivity index (χ4v) is 3.81. The van der Waals surface area contributed by atoms with Gasteiger partial charge in [0.1, 0.15) is 0 Å². The van der Waals surface area contributed by atoms with E-state index >= 15 is 0 Å². The molecule has 114 valence electrons. The molecule has 20 heavy (non-hydrogen) atoms. The third-order valence-corrected chi connectivity index (χ3v) is 5.45. The molecule has 3 nitrogen and oxygen atoms in total. The van der Waals surface area contributed by atoms with Crippen molar-refractivity contribution in [3.8, 4) is 0 Å². The van der Waals surface area contributed by atoms with Crippen LogP contribution < -0.4 is 10.2 Å². The summed E-state index contributed by atoms with van der Waals surface area (Å²) < 4.78 is 0. The SMILES string of the molecule is CCC1CCC(N(C)c2nc(CNC(C)C)cs2)CC1. The van der Waals surface area contributed by atoms with E-state index in [1.54, 1.807) is 11.3 Å². The fraction of sp³-hybridized carbons (Fsp3) is 0.812. The van der Waals surface area contributed by atoms with Gasteiger partial charge in [0.15, 0.2) is 5.13 Å². The van der Waals surface area contributed by atoms with Crippen molar-refractivity contribution in [3.63, 3.8) is 0 Å². The number of rotatable bonds is 6. The molecule has 2 rings (SSSR count). The van der Waals surface area contributed by atoms with Crippen molar-refractivity contribution < 1.29 is 0 Å². The molecule has 0 unspecified atom stereocenters. The Hall–Kier alpha value is -0.610. The molecule has 0 spiro atoms. The average Bonchev–Trinajstić information content (AvgIpc) is 2.93. The summed E-state index contributed by atoms with van der Waals surface area (Å²) in [6, 6.07) is 1.21. The normalized spacial score (nSPS) is 23.2. The Morgan fingerprint density at radius 1 is 1.35 bits per heavy atom. The summed E-state index contributed by atoms with van der Waals surface area (Å²) >= 11 is 1.78. The number of nitrogens with one attached hydrogen (secondary N) is 1. The van der Waals surface area contributed by atoms with Crippen molar-refractivity contribution in [2.45, 2.75) is 71.5 Å². The number of aromatic nitrogens is 1. The van der Waals surface area contributed by atoms with Crippen LogP contribution in [-0.4, -0.2) is 24.1 Å². The minimum atomic E-state index is 0.516. The first-order valence-electron chi connectivity index (χ1n) is 8.00. The smallest absolute Gasteiger partial charge is 0.185 e. The number of thiazole rings is 1. The molecule has 1 aliphatic carbocycles. The Labute approximate surface area is 127 Å². The number of hydrogen-bond acceptors (Lipinski definition) is 4. The molecule has 0 aromatic carbocycles.